The highest BCUT2D eigenvalue weighted by Crippen LogP contribution is 2.24. The molecule has 0 saturated carbocycles. The van der Waals surface area contributed by atoms with Gasteiger partial charge in [-0.05, 0) is 18.6 Å². The fourth-order valence-electron chi connectivity index (χ4n) is 2.93. The van der Waals surface area contributed by atoms with Crippen molar-refractivity contribution in [1.29, 1.82) is 0 Å². The zero-order valence-electron chi connectivity index (χ0n) is 14.2. The van der Waals surface area contributed by atoms with Gasteiger partial charge < -0.3 is 9.64 Å². The van der Waals surface area contributed by atoms with Gasteiger partial charge in [-0.1, -0.05) is 18.2 Å². The molecule has 1 saturated heterocycles. The van der Waals surface area contributed by atoms with Crippen molar-refractivity contribution < 1.29 is 22.7 Å². The Hall–Kier alpha value is -2.68. The van der Waals surface area contributed by atoms with Crippen LogP contribution in [0.15, 0.2) is 42.7 Å². The van der Waals surface area contributed by atoms with Crippen molar-refractivity contribution in [3.8, 4) is 0 Å². The Labute approximate surface area is 151 Å². The Kier molecular flexibility index (Phi) is 5.08. The van der Waals surface area contributed by atoms with Crippen molar-refractivity contribution in [3.05, 3.63) is 48.3 Å². The Balaban J connectivity index is 1.74. The molecule has 1 aromatic carbocycles. The maximum atomic E-state index is 12.7. The summed E-state index contributed by atoms with van der Waals surface area (Å²) >= 11 is 0. The number of carbonyl (C=O) groups excluding carboxylic acids is 2. The third kappa shape index (κ3) is 4.10. The van der Waals surface area contributed by atoms with Crippen LogP contribution in [0.5, 0.6) is 0 Å². The Morgan fingerprint density at radius 1 is 1.31 bits per heavy atom. The lowest BCUT2D eigenvalue weighted by Gasteiger charge is -2.28. The molecule has 9 heteroatoms. The Bertz CT molecular complexity index is 907. The number of aryl methyl sites for hydroxylation is 1. The zero-order valence-corrected chi connectivity index (χ0v) is 15.1. The number of ether oxygens (including phenoxy) is 1. The second kappa shape index (κ2) is 7.28. The van der Waals surface area contributed by atoms with Gasteiger partial charge in [0, 0.05) is 18.9 Å². The molecule has 1 unspecified atom stereocenters. The highest BCUT2D eigenvalue weighted by molar-refractivity contribution is 7.91. The van der Waals surface area contributed by atoms with Crippen molar-refractivity contribution in [1.82, 2.24) is 9.78 Å². The molecular formula is C17H19N3O5S. The van der Waals surface area contributed by atoms with E-state index in [4.69, 9.17) is 4.74 Å². The molecule has 2 heterocycles. The van der Waals surface area contributed by atoms with Crippen LogP contribution in [-0.2, 0) is 26.4 Å². The van der Waals surface area contributed by atoms with Gasteiger partial charge in [-0.3, -0.25) is 9.48 Å². The summed E-state index contributed by atoms with van der Waals surface area (Å²) in [4.78, 5) is 26.1. The molecule has 1 amide bonds. The predicted molar refractivity (Wildman–Crippen MR) is 94.5 cm³/mol. The third-order valence-electron chi connectivity index (χ3n) is 4.14. The number of hydrogen-bond donors (Lipinski definition) is 0. The average Bonchev–Trinajstić information content (AvgIpc) is 3.19. The van der Waals surface area contributed by atoms with Crippen LogP contribution < -0.4 is 4.90 Å². The first-order valence-corrected chi connectivity index (χ1v) is 9.91. The summed E-state index contributed by atoms with van der Waals surface area (Å²) in [6.45, 7) is -0.473. The highest BCUT2D eigenvalue weighted by atomic mass is 32.2. The van der Waals surface area contributed by atoms with E-state index in [0.29, 0.717) is 12.1 Å². The van der Waals surface area contributed by atoms with Crippen LogP contribution in [-0.4, -0.2) is 54.2 Å². The van der Waals surface area contributed by atoms with Crippen LogP contribution in [0.25, 0.3) is 0 Å². The van der Waals surface area contributed by atoms with Gasteiger partial charge in [0.25, 0.3) is 5.91 Å². The topological polar surface area (TPSA) is 98.6 Å². The fourth-order valence-corrected chi connectivity index (χ4v) is 4.63. The summed E-state index contributed by atoms with van der Waals surface area (Å²) in [6, 6.07) is 8.32. The molecule has 0 radical (unpaired) electrons. The molecule has 1 aliphatic heterocycles. The summed E-state index contributed by atoms with van der Waals surface area (Å²) < 4.78 is 30.2. The fraction of sp³-hybridized carbons (Fsp3) is 0.353. The minimum absolute atomic E-state index is 0.0454. The normalized spacial score (nSPS) is 18.4. The smallest absolute Gasteiger partial charge is 0.341 e. The highest BCUT2D eigenvalue weighted by Gasteiger charge is 2.35. The molecule has 0 bridgehead atoms. The number of sulfone groups is 1. The van der Waals surface area contributed by atoms with E-state index < -0.39 is 34.4 Å². The monoisotopic (exact) mass is 377 g/mol. The van der Waals surface area contributed by atoms with Gasteiger partial charge in [-0.25, -0.2) is 13.2 Å². The Morgan fingerprint density at radius 3 is 2.62 bits per heavy atom. The summed E-state index contributed by atoms with van der Waals surface area (Å²) in [7, 11) is -1.50. The standard InChI is InChI=1S/C17H19N3O5S/c1-19-10-13(9-18-19)17(22)25-11-16(21)20(14-5-3-2-4-6-14)15-7-8-26(23,24)12-15/h2-6,9-10,15H,7-8,11-12H2,1H3. The molecule has 1 atom stereocenters. The first-order valence-electron chi connectivity index (χ1n) is 8.09. The molecule has 3 rings (SSSR count). The lowest BCUT2D eigenvalue weighted by Crippen LogP contribution is -2.43. The van der Waals surface area contributed by atoms with Crippen molar-refractivity contribution in [2.24, 2.45) is 7.05 Å². The van der Waals surface area contributed by atoms with Crippen LogP contribution in [0, 0.1) is 0 Å². The molecule has 2 aromatic rings. The molecule has 0 aliphatic carbocycles. The molecule has 0 N–H and O–H groups in total. The number of carbonyl (C=O) groups is 2. The number of rotatable bonds is 5. The maximum absolute atomic E-state index is 12.7. The van der Waals surface area contributed by atoms with Crippen LogP contribution >= 0.6 is 0 Å². The van der Waals surface area contributed by atoms with E-state index in [1.807, 2.05) is 0 Å². The number of aromatic nitrogens is 2. The van der Waals surface area contributed by atoms with Crippen LogP contribution in [0.1, 0.15) is 16.8 Å². The van der Waals surface area contributed by atoms with Crippen LogP contribution in [0.2, 0.25) is 0 Å². The molecule has 1 aromatic heterocycles. The zero-order chi connectivity index (χ0) is 18.7. The van der Waals surface area contributed by atoms with Gasteiger partial charge in [0.05, 0.1) is 29.3 Å². The lowest BCUT2D eigenvalue weighted by atomic mass is 10.2. The second-order valence-corrected chi connectivity index (χ2v) is 8.36. The SMILES string of the molecule is Cn1cc(C(=O)OCC(=O)N(c2ccccc2)C2CCS(=O)(=O)C2)cn1. The average molecular weight is 377 g/mol. The van der Waals surface area contributed by atoms with Gasteiger partial charge >= 0.3 is 5.97 Å². The van der Waals surface area contributed by atoms with E-state index in [1.54, 1.807) is 37.4 Å². The minimum atomic E-state index is -3.17. The van der Waals surface area contributed by atoms with Crippen LogP contribution in [0.3, 0.4) is 0 Å². The summed E-state index contributed by atoms with van der Waals surface area (Å²) in [5.74, 6) is -1.16. The van der Waals surface area contributed by atoms with E-state index in [0.717, 1.165) is 0 Å². The van der Waals surface area contributed by atoms with Crippen molar-refractivity contribution in [2.45, 2.75) is 12.5 Å². The lowest BCUT2D eigenvalue weighted by molar-refractivity contribution is -0.122. The predicted octanol–water partition coefficient (Wildman–Crippen LogP) is 0.797. The number of nitrogens with zero attached hydrogens (tertiary/aromatic N) is 3. The van der Waals surface area contributed by atoms with Gasteiger partial charge in [-0.15, -0.1) is 0 Å². The molecule has 8 nitrogen and oxygen atoms in total. The van der Waals surface area contributed by atoms with Gasteiger partial charge in [-0.2, -0.15) is 5.10 Å². The largest absolute Gasteiger partial charge is 0.452 e. The van der Waals surface area contributed by atoms with Crippen molar-refractivity contribution in [3.63, 3.8) is 0 Å². The summed E-state index contributed by atoms with van der Waals surface area (Å²) in [5, 5.41) is 3.88. The summed E-state index contributed by atoms with van der Waals surface area (Å²) in [5.41, 5.74) is 0.826. The van der Waals surface area contributed by atoms with Gasteiger partial charge in [0.15, 0.2) is 16.4 Å². The number of esters is 1. The second-order valence-electron chi connectivity index (χ2n) is 6.13. The van der Waals surface area contributed by atoms with Crippen LogP contribution in [0.4, 0.5) is 5.69 Å². The van der Waals surface area contributed by atoms with Gasteiger partial charge in [0.1, 0.15) is 0 Å². The number of benzene rings is 1. The molecule has 138 valence electrons. The van der Waals surface area contributed by atoms with E-state index in [1.165, 1.54) is 22.0 Å². The third-order valence-corrected chi connectivity index (χ3v) is 5.89. The molecule has 1 aliphatic rings. The summed E-state index contributed by atoms with van der Waals surface area (Å²) in [6.07, 6.45) is 3.20. The first kappa shape index (κ1) is 18.1. The molecule has 0 spiro atoms. The number of hydrogen-bond acceptors (Lipinski definition) is 6. The maximum Gasteiger partial charge on any atom is 0.341 e. The van der Waals surface area contributed by atoms with Crippen molar-refractivity contribution in [2.75, 3.05) is 23.0 Å². The number of anilines is 1. The van der Waals surface area contributed by atoms with E-state index in [-0.39, 0.29) is 17.1 Å². The number of amides is 1. The molecular weight excluding hydrogens is 358 g/mol. The molecule has 1 fully saturated rings. The van der Waals surface area contributed by atoms with E-state index >= 15 is 0 Å². The number of para-hydroxylation sites is 1. The molecule has 26 heavy (non-hydrogen) atoms. The van der Waals surface area contributed by atoms with Gasteiger partial charge in [0.2, 0.25) is 0 Å². The first-order chi connectivity index (χ1) is 12.4. The van der Waals surface area contributed by atoms with Crippen molar-refractivity contribution >= 4 is 27.4 Å². The van der Waals surface area contributed by atoms with E-state index in [2.05, 4.69) is 5.10 Å². The Morgan fingerprint density at radius 2 is 2.04 bits per heavy atom. The minimum Gasteiger partial charge on any atom is -0.452 e. The quantitative estimate of drug-likeness (QED) is 0.715. The van der Waals surface area contributed by atoms with E-state index in [9.17, 15) is 18.0 Å².